The number of nitrogens with zero attached hydrogens (tertiary/aromatic N) is 1. The lowest BCUT2D eigenvalue weighted by Crippen LogP contribution is -2.36. The van der Waals surface area contributed by atoms with Gasteiger partial charge < -0.3 is 14.8 Å². The highest BCUT2D eigenvalue weighted by Gasteiger charge is 2.36. The normalized spacial score (nSPS) is 14.3. The predicted octanol–water partition coefficient (Wildman–Crippen LogP) is 5.74. The molecule has 7 nitrogen and oxygen atoms in total. The predicted molar refractivity (Wildman–Crippen MR) is 136 cm³/mol. The van der Waals surface area contributed by atoms with Gasteiger partial charge in [0.2, 0.25) is 5.91 Å². The summed E-state index contributed by atoms with van der Waals surface area (Å²) >= 11 is 6.77. The van der Waals surface area contributed by atoms with Gasteiger partial charge in [-0.15, -0.1) is 0 Å². The van der Waals surface area contributed by atoms with Gasteiger partial charge in [-0.2, -0.15) is 0 Å². The zero-order valence-electron chi connectivity index (χ0n) is 19.0. The maximum absolute atomic E-state index is 13.9. The second-order valence-corrected chi connectivity index (χ2v) is 8.99. The van der Waals surface area contributed by atoms with Crippen LogP contribution >= 0.6 is 23.4 Å². The number of methoxy groups -OCH3 is 1. The van der Waals surface area contributed by atoms with E-state index in [-0.39, 0.29) is 17.3 Å². The number of amides is 3. The number of imide groups is 1. The summed E-state index contributed by atoms with van der Waals surface area (Å²) in [5.41, 5.74) is 1.36. The molecule has 184 valence electrons. The molecule has 0 aliphatic carbocycles. The Bertz CT molecular complexity index is 1360. The van der Waals surface area contributed by atoms with E-state index < -0.39 is 23.6 Å². The van der Waals surface area contributed by atoms with Crippen molar-refractivity contribution in [3.8, 4) is 11.5 Å². The average Bonchev–Trinajstić information content (AvgIpc) is 3.12. The Morgan fingerprint density at radius 3 is 2.58 bits per heavy atom. The molecule has 10 heteroatoms. The minimum Gasteiger partial charge on any atom is -0.493 e. The van der Waals surface area contributed by atoms with Crippen molar-refractivity contribution in [1.29, 1.82) is 0 Å². The summed E-state index contributed by atoms with van der Waals surface area (Å²) in [4.78, 5) is 38.6. The lowest BCUT2D eigenvalue weighted by Gasteiger charge is -2.13. The highest BCUT2D eigenvalue weighted by molar-refractivity contribution is 8.18. The lowest BCUT2D eigenvalue weighted by atomic mass is 10.1. The number of halogens is 2. The number of para-hydroxylation sites is 1. The standard InChI is InChI=1S/C26H20ClFN2O5S/c1-34-22-12-16(10-11-21(22)35-15-17-6-2-4-8-19(17)28)13-23-25(32)30(26(33)36-23)14-24(31)29-20-9-5-3-7-18(20)27/h2-13H,14-15H2,1H3,(H,29,31)/b23-13+. The number of ether oxygens (including phenoxy) is 2. The van der Waals surface area contributed by atoms with E-state index in [9.17, 15) is 18.8 Å². The fraction of sp³-hybridized carbons (Fsp3) is 0.115. The highest BCUT2D eigenvalue weighted by Crippen LogP contribution is 2.35. The van der Waals surface area contributed by atoms with Crippen molar-refractivity contribution in [2.24, 2.45) is 0 Å². The average molecular weight is 527 g/mol. The van der Waals surface area contributed by atoms with Gasteiger partial charge in [0.15, 0.2) is 11.5 Å². The molecule has 1 aliphatic heterocycles. The van der Waals surface area contributed by atoms with Crippen LogP contribution in [0.1, 0.15) is 11.1 Å². The van der Waals surface area contributed by atoms with Crippen LogP contribution in [-0.4, -0.2) is 35.6 Å². The fourth-order valence-electron chi connectivity index (χ4n) is 3.35. The molecule has 3 aromatic rings. The van der Waals surface area contributed by atoms with Crippen LogP contribution in [0.15, 0.2) is 71.6 Å². The van der Waals surface area contributed by atoms with Crippen LogP contribution in [0, 0.1) is 5.82 Å². The molecule has 3 aromatic carbocycles. The van der Waals surface area contributed by atoms with Gasteiger partial charge in [0, 0.05) is 5.56 Å². The number of anilines is 1. The highest BCUT2D eigenvalue weighted by atomic mass is 35.5. The summed E-state index contributed by atoms with van der Waals surface area (Å²) in [5.74, 6) is -0.743. The number of hydrogen-bond donors (Lipinski definition) is 1. The maximum Gasteiger partial charge on any atom is 0.294 e. The molecule has 36 heavy (non-hydrogen) atoms. The van der Waals surface area contributed by atoms with E-state index in [1.165, 1.54) is 19.3 Å². The van der Waals surface area contributed by atoms with Crippen molar-refractivity contribution in [3.63, 3.8) is 0 Å². The van der Waals surface area contributed by atoms with Crippen LogP contribution in [0.25, 0.3) is 6.08 Å². The zero-order chi connectivity index (χ0) is 25.7. The molecule has 0 radical (unpaired) electrons. The second kappa shape index (κ2) is 11.3. The number of thioether (sulfide) groups is 1. The Balaban J connectivity index is 1.44. The summed E-state index contributed by atoms with van der Waals surface area (Å²) in [5, 5.41) is 2.38. The van der Waals surface area contributed by atoms with Gasteiger partial charge >= 0.3 is 0 Å². The molecular formula is C26H20ClFN2O5S. The molecule has 1 aliphatic rings. The van der Waals surface area contributed by atoms with E-state index in [2.05, 4.69) is 5.32 Å². The molecule has 0 unspecified atom stereocenters. The molecule has 1 saturated heterocycles. The van der Waals surface area contributed by atoms with Crippen LogP contribution in [0.5, 0.6) is 11.5 Å². The molecule has 0 atom stereocenters. The summed E-state index contributed by atoms with van der Waals surface area (Å²) in [6, 6.07) is 17.9. The van der Waals surface area contributed by atoms with E-state index in [0.29, 0.717) is 33.3 Å². The first-order valence-corrected chi connectivity index (χ1v) is 11.9. The van der Waals surface area contributed by atoms with Crippen molar-refractivity contribution in [2.75, 3.05) is 19.0 Å². The number of carbonyl (C=O) groups excluding carboxylic acids is 3. The van der Waals surface area contributed by atoms with E-state index in [1.807, 2.05) is 0 Å². The molecular weight excluding hydrogens is 507 g/mol. The first-order chi connectivity index (χ1) is 17.4. The van der Waals surface area contributed by atoms with Gasteiger partial charge in [0.05, 0.1) is 22.7 Å². The Hall–Kier alpha value is -3.82. The van der Waals surface area contributed by atoms with E-state index in [0.717, 1.165) is 16.7 Å². The van der Waals surface area contributed by atoms with E-state index >= 15 is 0 Å². The molecule has 0 bridgehead atoms. The van der Waals surface area contributed by atoms with Gasteiger partial charge in [-0.3, -0.25) is 19.3 Å². The first-order valence-electron chi connectivity index (χ1n) is 10.7. The van der Waals surface area contributed by atoms with Crippen molar-refractivity contribution >= 4 is 52.2 Å². The summed E-state index contributed by atoms with van der Waals surface area (Å²) in [7, 11) is 1.46. The number of carbonyl (C=O) groups is 3. The van der Waals surface area contributed by atoms with Crippen LogP contribution in [-0.2, 0) is 16.2 Å². The Labute approximate surface area is 215 Å². The monoisotopic (exact) mass is 526 g/mol. The number of benzene rings is 3. The molecule has 1 heterocycles. The number of rotatable bonds is 8. The molecule has 1 N–H and O–H groups in total. The second-order valence-electron chi connectivity index (χ2n) is 7.59. The fourth-order valence-corrected chi connectivity index (χ4v) is 4.37. The minimum absolute atomic E-state index is 0.0114. The third-order valence-electron chi connectivity index (χ3n) is 5.15. The smallest absolute Gasteiger partial charge is 0.294 e. The van der Waals surface area contributed by atoms with Gasteiger partial charge in [-0.1, -0.05) is 48.0 Å². The quantitative estimate of drug-likeness (QED) is 0.377. The van der Waals surface area contributed by atoms with Gasteiger partial charge in [-0.05, 0) is 53.7 Å². The number of nitrogens with one attached hydrogen (secondary N) is 1. The molecule has 0 saturated carbocycles. The lowest BCUT2D eigenvalue weighted by molar-refractivity contribution is -0.127. The van der Waals surface area contributed by atoms with Crippen molar-refractivity contribution in [1.82, 2.24) is 4.90 Å². The minimum atomic E-state index is -0.585. The Kier molecular flexibility index (Phi) is 7.92. The van der Waals surface area contributed by atoms with E-state index in [4.69, 9.17) is 21.1 Å². The van der Waals surface area contributed by atoms with Crippen molar-refractivity contribution in [3.05, 3.63) is 93.6 Å². The maximum atomic E-state index is 13.9. The molecule has 3 amide bonds. The summed E-state index contributed by atoms with van der Waals surface area (Å²) in [6.07, 6.45) is 1.53. The Morgan fingerprint density at radius 2 is 1.83 bits per heavy atom. The van der Waals surface area contributed by atoms with Gasteiger partial charge in [0.1, 0.15) is 19.0 Å². The third kappa shape index (κ3) is 5.87. The largest absolute Gasteiger partial charge is 0.493 e. The van der Waals surface area contributed by atoms with E-state index in [1.54, 1.807) is 60.7 Å². The molecule has 0 spiro atoms. The third-order valence-corrected chi connectivity index (χ3v) is 6.39. The van der Waals surface area contributed by atoms with Crippen molar-refractivity contribution in [2.45, 2.75) is 6.61 Å². The number of hydrogen-bond acceptors (Lipinski definition) is 6. The molecule has 0 aromatic heterocycles. The summed E-state index contributed by atoms with van der Waals surface area (Å²) < 4.78 is 24.9. The molecule has 1 fully saturated rings. The Morgan fingerprint density at radius 1 is 1.08 bits per heavy atom. The van der Waals surface area contributed by atoms with Crippen LogP contribution in [0.4, 0.5) is 14.9 Å². The topological polar surface area (TPSA) is 84.9 Å². The first kappa shape index (κ1) is 25.3. The zero-order valence-corrected chi connectivity index (χ0v) is 20.6. The van der Waals surface area contributed by atoms with Crippen LogP contribution in [0.3, 0.4) is 0 Å². The van der Waals surface area contributed by atoms with Crippen LogP contribution < -0.4 is 14.8 Å². The van der Waals surface area contributed by atoms with Gasteiger partial charge in [0.25, 0.3) is 11.1 Å². The summed E-state index contributed by atoms with van der Waals surface area (Å²) in [6.45, 7) is -0.434. The van der Waals surface area contributed by atoms with Crippen LogP contribution in [0.2, 0.25) is 5.02 Å². The SMILES string of the molecule is COc1cc(/C=C2/SC(=O)N(CC(=O)Nc3ccccc3Cl)C2=O)ccc1OCc1ccccc1F. The van der Waals surface area contributed by atoms with Gasteiger partial charge in [-0.25, -0.2) is 4.39 Å². The van der Waals surface area contributed by atoms with Crippen molar-refractivity contribution < 1.29 is 28.2 Å². The molecule has 4 rings (SSSR count).